The van der Waals surface area contributed by atoms with E-state index >= 15 is 0 Å². The maximum absolute atomic E-state index is 14.0. The maximum atomic E-state index is 14.0. The van der Waals surface area contributed by atoms with Crippen molar-refractivity contribution in [1.82, 2.24) is 10.2 Å². The molecule has 1 aromatic rings. The van der Waals surface area contributed by atoms with Crippen LogP contribution in [-0.4, -0.2) is 66.3 Å². The van der Waals surface area contributed by atoms with Gasteiger partial charge in [-0.15, -0.1) is 11.3 Å². The van der Waals surface area contributed by atoms with Crippen LogP contribution in [0.25, 0.3) is 0 Å². The zero-order chi connectivity index (χ0) is 26.0. The molecule has 4 rings (SSSR count). The van der Waals surface area contributed by atoms with Gasteiger partial charge in [-0.1, -0.05) is 27.7 Å². The number of hydrogen-bond acceptors (Lipinski definition) is 6. The van der Waals surface area contributed by atoms with E-state index in [9.17, 15) is 19.5 Å². The molecule has 3 fully saturated rings. The minimum absolute atomic E-state index is 0.00114. The summed E-state index contributed by atoms with van der Waals surface area (Å²) < 4.78 is 5.76. The van der Waals surface area contributed by atoms with Gasteiger partial charge in [-0.25, -0.2) is 9.59 Å². The highest BCUT2D eigenvalue weighted by atomic mass is 32.1. The number of nitrogens with one attached hydrogen (secondary N) is 1. The van der Waals surface area contributed by atoms with E-state index in [4.69, 9.17) is 4.74 Å². The first-order chi connectivity index (χ1) is 17.0. The molecule has 0 spiro atoms. The molecule has 2 saturated heterocycles. The predicted octanol–water partition coefficient (Wildman–Crippen LogP) is 4.87. The number of anilines is 1. The van der Waals surface area contributed by atoms with Gasteiger partial charge >= 0.3 is 12.1 Å². The second-order valence-corrected chi connectivity index (χ2v) is 12.8. The highest BCUT2D eigenvalue weighted by Crippen LogP contribution is 2.41. The van der Waals surface area contributed by atoms with Gasteiger partial charge in [0.05, 0.1) is 11.7 Å². The van der Waals surface area contributed by atoms with Crippen LogP contribution in [0.15, 0.2) is 6.07 Å². The molecule has 200 valence electrons. The van der Waals surface area contributed by atoms with Crippen LogP contribution in [0.4, 0.5) is 10.5 Å². The van der Waals surface area contributed by atoms with Crippen LogP contribution in [-0.2, 0) is 14.9 Å². The lowest BCUT2D eigenvalue weighted by molar-refractivity contribution is -0.124. The molecule has 3 heterocycles. The molecule has 0 radical (unpaired) electrons. The van der Waals surface area contributed by atoms with E-state index in [1.54, 1.807) is 9.80 Å². The fraction of sp³-hybridized carbons (Fsp3) is 0.741. The van der Waals surface area contributed by atoms with Crippen LogP contribution >= 0.6 is 11.3 Å². The third-order valence-corrected chi connectivity index (χ3v) is 9.39. The molecule has 9 heteroatoms. The Labute approximate surface area is 218 Å². The number of nitrogens with zero attached hydrogens (tertiary/aromatic N) is 2. The largest absolute Gasteiger partial charge is 0.477 e. The van der Waals surface area contributed by atoms with Crippen LogP contribution < -0.4 is 10.2 Å². The summed E-state index contributed by atoms with van der Waals surface area (Å²) >= 11 is 1.25. The zero-order valence-electron chi connectivity index (χ0n) is 22.0. The minimum Gasteiger partial charge on any atom is -0.477 e. The number of rotatable bonds is 5. The second-order valence-electron chi connectivity index (χ2n) is 11.8. The van der Waals surface area contributed by atoms with Gasteiger partial charge in [0.25, 0.3) is 0 Å². The smallest absolute Gasteiger partial charge is 0.410 e. The SMILES string of the molecule is CC(C)(C)c1cc(N(C(=O)[C@H]2CC[C@H](C)CC2)[C@H]2CCN(C(=O)OC3CCNCC3)C2)c(C(=O)O)s1. The Morgan fingerprint density at radius 3 is 2.36 bits per heavy atom. The number of carboxylic acid groups (broad SMARTS) is 1. The van der Waals surface area contributed by atoms with E-state index in [0.717, 1.165) is 56.5 Å². The number of carbonyl (C=O) groups is 3. The summed E-state index contributed by atoms with van der Waals surface area (Å²) in [7, 11) is 0. The van der Waals surface area contributed by atoms with Gasteiger partial charge in [-0.3, -0.25) is 4.79 Å². The van der Waals surface area contributed by atoms with Crippen molar-refractivity contribution in [3.8, 4) is 0 Å². The molecule has 36 heavy (non-hydrogen) atoms. The van der Waals surface area contributed by atoms with Gasteiger partial charge in [-0.2, -0.15) is 0 Å². The van der Waals surface area contributed by atoms with Crippen molar-refractivity contribution in [3.63, 3.8) is 0 Å². The molecule has 0 bridgehead atoms. The summed E-state index contributed by atoms with van der Waals surface area (Å²) in [4.78, 5) is 43.8. The summed E-state index contributed by atoms with van der Waals surface area (Å²) in [6.45, 7) is 10.9. The molecule has 0 unspecified atom stereocenters. The van der Waals surface area contributed by atoms with E-state index in [0.29, 0.717) is 31.1 Å². The Kier molecular flexibility index (Phi) is 8.29. The van der Waals surface area contributed by atoms with Crippen LogP contribution in [0.3, 0.4) is 0 Å². The maximum Gasteiger partial charge on any atom is 0.410 e. The number of hydrogen-bond donors (Lipinski definition) is 2. The van der Waals surface area contributed by atoms with Gasteiger partial charge in [0.1, 0.15) is 11.0 Å². The molecular weight excluding hydrogens is 478 g/mol. The molecule has 1 aliphatic carbocycles. The third-order valence-electron chi connectivity index (χ3n) is 7.85. The van der Waals surface area contributed by atoms with Crippen LogP contribution in [0.1, 0.15) is 87.2 Å². The molecule has 2 aliphatic heterocycles. The summed E-state index contributed by atoms with van der Waals surface area (Å²) in [5.74, 6) is -0.518. The molecule has 3 aliphatic rings. The van der Waals surface area contributed by atoms with Gasteiger partial charge < -0.3 is 25.0 Å². The molecule has 1 saturated carbocycles. The number of thiophene rings is 1. The lowest BCUT2D eigenvalue weighted by atomic mass is 9.82. The zero-order valence-corrected chi connectivity index (χ0v) is 22.9. The average Bonchev–Trinajstić information content (AvgIpc) is 3.49. The van der Waals surface area contributed by atoms with Crippen molar-refractivity contribution < 1.29 is 24.2 Å². The van der Waals surface area contributed by atoms with E-state index < -0.39 is 5.97 Å². The fourth-order valence-corrected chi connectivity index (χ4v) is 6.58. The van der Waals surface area contributed by atoms with E-state index in [-0.39, 0.29) is 40.4 Å². The summed E-state index contributed by atoms with van der Waals surface area (Å²) in [5.41, 5.74) is 0.252. The Bertz CT molecular complexity index is 957. The van der Waals surface area contributed by atoms with E-state index in [1.165, 1.54) is 11.3 Å². The van der Waals surface area contributed by atoms with Gasteiger partial charge in [0, 0.05) is 23.9 Å². The molecule has 2 N–H and O–H groups in total. The Hall–Kier alpha value is -2.13. The van der Waals surface area contributed by atoms with Crippen molar-refractivity contribution in [2.45, 2.75) is 90.2 Å². The van der Waals surface area contributed by atoms with Crippen LogP contribution in [0.5, 0.6) is 0 Å². The van der Waals surface area contributed by atoms with Crippen molar-refractivity contribution in [1.29, 1.82) is 0 Å². The topological polar surface area (TPSA) is 99.2 Å². The van der Waals surface area contributed by atoms with Gasteiger partial charge in [-0.05, 0) is 75.4 Å². The normalized spacial score (nSPS) is 25.6. The Morgan fingerprint density at radius 1 is 1.08 bits per heavy atom. The van der Waals surface area contributed by atoms with Gasteiger partial charge in [0.15, 0.2) is 0 Å². The number of likely N-dealkylation sites (tertiary alicyclic amines) is 1. The minimum atomic E-state index is -1.01. The lowest BCUT2D eigenvalue weighted by Gasteiger charge is -2.34. The third kappa shape index (κ3) is 6.05. The first-order valence-electron chi connectivity index (χ1n) is 13.4. The predicted molar refractivity (Wildman–Crippen MR) is 141 cm³/mol. The molecule has 0 aromatic carbocycles. The van der Waals surface area contributed by atoms with Crippen molar-refractivity contribution in [2.24, 2.45) is 11.8 Å². The number of piperidine rings is 1. The van der Waals surface area contributed by atoms with Gasteiger partial charge in [0.2, 0.25) is 5.91 Å². The molecular formula is C27H41N3O5S. The molecule has 1 aromatic heterocycles. The van der Waals surface area contributed by atoms with Crippen molar-refractivity contribution >= 4 is 35.0 Å². The first kappa shape index (κ1) is 26.9. The lowest BCUT2D eigenvalue weighted by Crippen LogP contribution is -2.47. The summed E-state index contributed by atoms with van der Waals surface area (Å²) in [6, 6.07) is 1.63. The average molecular weight is 520 g/mol. The standard InChI is InChI=1S/C27H41N3O5S/c1-17-5-7-18(8-6-17)24(31)30(21-15-22(27(2,3)4)36-23(21)25(32)33)19-11-14-29(16-19)26(34)35-20-9-12-28-13-10-20/h15,17-20,28H,5-14,16H2,1-4H3,(H,32,33)/t17-,18-,19-/m0/s1. The van der Waals surface area contributed by atoms with Crippen molar-refractivity contribution in [2.75, 3.05) is 31.1 Å². The second kappa shape index (κ2) is 11.1. The fourth-order valence-electron chi connectivity index (χ4n) is 5.53. The number of aromatic carboxylic acids is 1. The number of ether oxygens (including phenoxy) is 1. The quantitative estimate of drug-likeness (QED) is 0.576. The highest BCUT2D eigenvalue weighted by Gasteiger charge is 2.40. The van der Waals surface area contributed by atoms with E-state index in [1.807, 2.05) is 6.07 Å². The monoisotopic (exact) mass is 519 g/mol. The number of carboxylic acids is 1. The Balaban J connectivity index is 1.60. The molecule has 2 amide bonds. The number of carbonyl (C=O) groups excluding carboxylic acids is 2. The van der Waals surface area contributed by atoms with Crippen LogP contribution in [0, 0.1) is 11.8 Å². The van der Waals surface area contributed by atoms with Crippen LogP contribution in [0.2, 0.25) is 0 Å². The molecule has 1 atom stereocenters. The summed E-state index contributed by atoms with van der Waals surface area (Å²) in [6.07, 6.45) is 5.47. The number of amides is 2. The van der Waals surface area contributed by atoms with E-state index in [2.05, 4.69) is 33.0 Å². The summed E-state index contributed by atoms with van der Waals surface area (Å²) in [5, 5.41) is 13.3. The molecule has 8 nitrogen and oxygen atoms in total. The highest BCUT2D eigenvalue weighted by molar-refractivity contribution is 7.14. The first-order valence-corrected chi connectivity index (χ1v) is 14.2. The van der Waals surface area contributed by atoms with Crippen molar-refractivity contribution in [3.05, 3.63) is 15.8 Å². The Morgan fingerprint density at radius 2 is 1.75 bits per heavy atom.